The molecule has 0 atom stereocenters. The Bertz CT molecular complexity index is 270. The summed E-state index contributed by atoms with van der Waals surface area (Å²) in [4.78, 5) is 0. The Morgan fingerprint density at radius 2 is 0.885 bits per heavy atom. The molecule has 3 nitrogen and oxygen atoms in total. The molecule has 0 radical (unpaired) electrons. The van der Waals surface area contributed by atoms with Crippen LogP contribution in [0.1, 0.15) is 55.4 Å². The van der Waals surface area contributed by atoms with Crippen LogP contribution in [-0.2, 0) is 14.2 Å². The maximum Gasteiger partial charge on any atom is 0.268 e. The van der Waals surface area contributed by atoms with Crippen LogP contribution >= 0.6 is 0 Å². The first-order chi connectivity index (χ1) is 11.5. The lowest BCUT2D eigenvalue weighted by Crippen LogP contribution is -2.21. The van der Waals surface area contributed by atoms with Crippen LogP contribution in [0.4, 0.5) is 26.3 Å². The van der Waals surface area contributed by atoms with Gasteiger partial charge >= 0.3 is 0 Å². The molecule has 0 bridgehead atoms. The lowest BCUT2D eigenvalue weighted by atomic mass is 10.4. The summed E-state index contributed by atoms with van der Waals surface area (Å²) in [6.07, 6.45) is -2.66. The first-order valence-electron chi connectivity index (χ1n) is 8.34. The summed E-state index contributed by atoms with van der Waals surface area (Å²) in [6.45, 7) is 10.6. The molecule has 0 aromatic carbocycles. The largest absolute Gasteiger partial charge is 0.373 e. The van der Waals surface area contributed by atoms with Gasteiger partial charge in [-0.15, -0.1) is 0 Å². The molecule has 0 aromatic rings. The van der Waals surface area contributed by atoms with E-state index in [-0.39, 0.29) is 18.3 Å². The zero-order chi connectivity index (χ0) is 21.6. The Balaban J connectivity index is -0.000000306. The summed E-state index contributed by atoms with van der Waals surface area (Å²) in [6, 6.07) is 0. The Labute approximate surface area is 153 Å². The van der Waals surface area contributed by atoms with E-state index in [1.165, 1.54) is 0 Å². The monoisotopic (exact) mass is 400 g/mol. The highest BCUT2D eigenvalue weighted by molar-refractivity contribution is 4.56. The van der Waals surface area contributed by atoms with Crippen LogP contribution < -0.4 is 0 Å². The van der Waals surface area contributed by atoms with Gasteiger partial charge in [-0.25, -0.2) is 26.3 Å². The summed E-state index contributed by atoms with van der Waals surface area (Å²) in [5.74, 6) is -5.38. The summed E-state index contributed by atoms with van der Waals surface area (Å²) < 4.78 is 84.2. The number of hydrogen-bond acceptors (Lipinski definition) is 3. The molecule has 0 aliphatic carbocycles. The van der Waals surface area contributed by atoms with E-state index in [2.05, 4.69) is 14.2 Å². The fraction of sp³-hybridized carbons (Fsp3) is 1.00. The predicted octanol–water partition coefficient (Wildman–Crippen LogP) is 5.81. The van der Waals surface area contributed by atoms with E-state index in [1.807, 2.05) is 0 Å². The van der Waals surface area contributed by atoms with Gasteiger partial charge < -0.3 is 14.2 Å². The van der Waals surface area contributed by atoms with Crippen molar-refractivity contribution in [3.63, 3.8) is 0 Å². The molecule has 0 saturated heterocycles. The van der Waals surface area contributed by atoms with Crippen LogP contribution in [-0.4, -0.2) is 56.4 Å². The number of rotatable bonds is 9. The highest BCUT2D eigenvalue weighted by Gasteiger charge is 2.22. The molecule has 0 saturated carbocycles. The Kier molecular flexibility index (Phi) is 18.0. The van der Waals surface area contributed by atoms with Gasteiger partial charge in [0.25, 0.3) is 18.3 Å². The lowest BCUT2D eigenvalue weighted by Gasteiger charge is -2.12. The minimum Gasteiger partial charge on any atom is -0.373 e. The van der Waals surface area contributed by atoms with Crippen molar-refractivity contribution in [1.29, 1.82) is 0 Å². The van der Waals surface area contributed by atoms with Crippen molar-refractivity contribution in [3.8, 4) is 0 Å². The Morgan fingerprint density at radius 3 is 0.962 bits per heavy atom. The van der Waals surface area contributed by atoms with Crippen molar-refractivity contribution in [3.05, 3.63) is 0 Å². The van der Waals surface area contributed by atoms with E-state index in [0.717, 1.165) is 13.8 Å². The molecular formula is C17H34F6O3. The summed E-state index contributed by atoms with van der Waals surface area (Å²) in [5.41, 5.74) is 0. The van der Waals surface area contributed by atoms with Gasteiger partial charge in [0.15, 0.2) is 0 Å². The highest BCUT2D eigenvalue weighted by Crippen LogP contribution is 2.12. The average molecular weight is 400 g/mol. The molecule has 9 heteroatoms. The van der Waals surface area contributed by atoms with Crippen LogP contribution in [0.25, 0.3) is 0 Å². The van der Waals surface area contributed by atoms with Gasteiger partial charge in [0.05, 0.1) is 18.3 Å². The molecule has 0 aliphatic heterocycles. The zero-order valence-corrected chi connectivity index (χ0v) is 16.9. The number of ether oxygens (including phenoxy) is 3. The van der Waals surface area contributed by atoms with Gasteiger partial charge in [-0.2, -0.15) is 0 Å². The highest BCUT2D eigenvalue weighted by atomic mass is 19.3. The van der Waals surface area contributed by atoms with Crippen molar-refractivity contribution in [1.82, 2.24) is 0 Å². The lowest BCUT2D eigenvalue weighted by molar-refractivity contribution is -0.0793. The van der Waals surface area contributed by atoms with E-state index in [9.17, 15) is 26.3 Å². The summed E-state index contributed by atoms with van der Waals surface area (Å²) >= 11 is 0. The second-order valence-corrected chi connectivity index (χ2v) is 6.63. The van der Waals surface area contributed by atoms with Gasteiger partial charge in [-0.1, -0.05) is 0 Å². The average Bonchev–Trinajstić information content (AvgIpc) is 2.41. The van der Waals surface area contributed by atoms with Crippen LogP contribution in [0.3, 0.4) is 0 Å². The predicted molar refractivity (Wildman–Crippen MR) is 90.5 cm³/mol. The van der Waals surface area contributed by atoms with Gasteiger partial charge in [0.1, 0.15) is 19.8 Å². The quantitative estimate of drug-likeness (QED) is 0.457. The molecule has 0 rings (SSSR count). The molecule has 0 unspecified atom stereocenters. The van der Waals surface area contributed by atoms with Crippen molar-refractivity contribution in [2.24, 2.45) is 0 Å². The molecule has 0 N–H and O–H groups in total. The third kappa shape index (κ3) is 43.7. The van der Waals surface area contributed by atoms with E-state index in [1.54, 1.807) is 41.5 Å². The molecule has 0 fully saturated rings. The van der Waals surface area contributed by atoms with Crippen LogP contribution in [0.2, 0.25) is 0 Å². The topological polar surface area (TPSA) is 27.7 Å². The Morgan fingerprint density at radius 1 is 0.615 bits per heavy atom. The standard InChI is InChI=1S/2C6H12F2O.C5H10F2O/c2*1-5(2)9-4-6(3,7)8;1-4(2)8-3-5(6)7/h2*5H,4H2,1-3H3;4-5H,3H2,1-2H3. The second-order valence-electron chi connectivity index (χ2n) is 6.63. The summed E-state index contributed by atoms with van der Waals surface area (Å²) in [5, 5.41) is 0. The third-order valence-corrected chi connectivity index (χ3v) is 1.90. The van der Waals surface area contributed by atoms with E-state index < -0.39 is 38.1 Å². The minimum atomic E-state index is -2.69. The van der Waals surface area contributed by atoms with Crippen molar-refractivity contribution in [2.45, 2.75) is 92.0 Å². The van der Waals surface area contributed by atoms with Crippen LogP contribution in [0.15, 0.2) is 0 Å². The molecule has 0 aromatic heterocycles. The second kappa shape index (κ2) is 15.5. The number of alkyl halides is 6. The normalized spacial score (nSPS) is 12.2. The molecule has 0 aliphatic rings. The fourth-order valence-corrected chi connectivity index (χ4v) is 0.891. The van der Waals surface area contributed by atoms with Crippen molar-refractivity contribution in [2.75, 3.05) is 19.8 Å². The SMILES string of the molecule is CC(C)OCC(C)(F)F.CC(C)OCC(C)(F)F.CC(C)OCC(F)F. The van der Waals surface area contributed by atoms with E-state index in [4.69, 9.17) is 0 Å². The molecule has 26 heavy (non-hydrogen) atoms. The fourth-order valence-electron chi connectivity index (χ4n) is 0.891. The molecule has 0 amide bonds. The maximum absolute atomic E-state index is 12.0. The maximum atomic E-state index is 12.0. The number of halogens is 6. The smallest absolute Gasteiger partial charge is 0.268 e. The molecule has 0 heterocycles. The van der Waals surface area contributed by atoms with Crippen LogP contribution in [0.5, 0.6) is 0 Å². The van der Waals surface area contributed by atoms with E-state index >= 15 is 0 Å². The van der Waals surface area contributed by atoms with Gasteiger partial charge in [0, 0.05) is 13.8 Å². The first-order valence-corrected chi connectivity index (χ1v) is 8.34. The summed E-state index contributed by atoms with van der Waals surface area (Å²) in [7, 11) is 0. The van der Waals surface area contributed by atoms with E-state index in [0.29, 0.717) is 0 Å². The third-order valence-electron chi connectivity index (χ3n) is 1.90. The molecule has 162 valence electrons. The number of hydrogen-bond donors (Lipinski definition) is 0. The first kappa shape index (κ1) is 30.2. The van der Waals surface area contributed by atoms with Crippen molar-refractivity contribution >= 4 is 0 Å². The Hall–Kier alpha value is -0.540. The minimum absolute atomic E-state index is 0.0935. The molecular weight excluding hydrogens is 366 g/mol. The van der Waals surface area contributed by atoms with Gasteiger partial charge in [0.2, 0.25) is 0 Å². The van der Waals surface area contributed by atoms with Crippen molar-refractivity contribution < 1.29 is 40.6 Å². The zero-order valence-electron chi connectivity index (χ0n) is 16.9. The van der Waals surface area contributed by atoms with Gasteiger partial charge in [-0.05, 0) is 41.5 Å². The van der Waals surface area contributed by atoms with Gasteiger partial charge in [-0.3, -0.25) is 0 Å². The van der Waals surface area contributed by atoms with Crippen LogP contribution in [0, 0.1) is 0 Å². The molecule has 0 spiro atoms.